The summed E-state index contributed by atoms with van der Waals surface area (Å²) in [6.45, 7) is 10.3. The van der Waals surface area contributed by atoms with Crippen molar-refractivity contribution in [3.8, 4) is 0 Å². The maximum Gasteiger partial charge on any atom is 0.505 e. The molecule has 0 N–H and O–H groups in total. The zero-order chi connectivity index (χ0) is 16.8. The first-order chi connectivity index (χ1) is 10.7. The lowest BCUT2D eigenvalue weighted by Gasteiger charge is -2.32. The molecule has 1 aliphatic rings. The normalized spacial score (nSPS) is 19.3. The SMILES string of the molecule is CCOC(=O)c1cccc2cc(B3OC(C)(C)C(C)(C)O3)sc12. The predicted molar refractivity (Wildman–Crippen MR) is 93.5 cm³/mol. The average molecular weight is 332 g/mol. The van der Waals surface area contributed by atoms with Crippen LogP contribution in [0.25, 0.3) is 10.1 Å². The van der Waals surface area contributed by atoms with Crippen LogP contribution in [-0.4, -0.2) is 30.9 Å². The molecule has 2 aromatic rings. The van der Waals surface area contributed by atoms with Crippen LogP contribution in [0.4, 0.5) is 0 Å². The van der Waals surface area contributed by atoms with Gasteiger partial charge in [-0.3, -0.25) is 0 Å². The van der Waals surface area contributed by atoms with Gasteiger partial charge in [0.15, 0.2) is 0 Å². The number of esters is 1. The van der Waals surface area contributed by atoms with Crippen molar-refractivity contribution in [1.29, 1.82) is 0 Å². The van der Waals surface area contributed by atoms with Gasteiger partial charge in [-0.25, -0.2) is 4.79 Å². The van der Waals surface area contributed by atoms with Crippen molar-refractivity contribution in [3.05, 3.63) is 29.8 Å². The topological polar surface area (TPSA) is 44.8 Å². The van der Waals surface area contributed by atoms with Gasteiger partial charge in [-0.05, 0) is 52.1 Å². The molecule has 0 spiro atoms. The molecule has 0 bridgehead atoms. The Balaban J connectivity index is 1.99. The quantitative estimate of drug-likeness (QED) is 0.638. The molecular formula is C17H21BO4S. The summed E-state index contributed by atoms with van der Waals surface area (Å²) in [7, 11) is -0.410. The summed E-state index contributed by atoms with van der Waals surface area (Å²) < 4.78 is 19.2. The van der Waals surface area contributed by atoms with Gasteiger partial charge in [0.2, 0.25) is 0 Å². The number of ether oxygens (including phenoxy) is 1. The van der Waals surface area contributed by atoms with E-state index < -0.39 is 7.12 Å². The summed E-state index contributed by atoms with van der Waals surface area (Å²) in [4.78, 5) is 12.1. The first kappa shape index (κ1) is 16.5. The third kappa shape index (κ3) is 2.79. The lowest BCUT2D eigenvalue weighted by Crippen LogP contribution is -2.41. The molecule has 23 heavy (non-hydrogen) atoms. The van der Waals surface area contributed by atoms with Gasteiger partial charge in [-0.15, -0.1) is 11.3 Å². The van der Waals surface area contributed by atoms with Gasteiger partial charge in [0.25, 0.3) is 0 Å². The maximum atomic E-state index is 12.1. The number of rotatable bonds is 3. The van der Waals surface area contributed by atoms with E-state index in [1.165, 1.54) is 11.3 Å². The van der Waals surface area contributed by atoms with Gasteiger partial charge in [0.05, 0.1) is 23.4 Å². The average Bonchev–Trinajstić information content (AvgIpc) is 2.97. The number of hydrogen-bond acceptors (Lipinski definition) is 5. The van der Waals surface area contributed by atoms with Crippen molar-refractivity contribution in [2.75, 3.05) is 6.61 Å². The van der Waals surface area contributed by atoms with Gasteiger partial charge in [0, 0.05) is 9.48 Å². The minimum Gasteiger partial charge on any atom is -0.462 e. The fourth-order valence-corrected chi connectivity index (χ4v) is 3.65. The molecule has 0 aliphatic carbocycles. The van der Waals surface area contributed by atoms with Crippen LogP contribution in [0.2, 0.25) is 0 Å². The Labute approximate surface area is 140 Å². The van der Waals surface area contributed by atoms with Crippen molar-refractivity contribution in [1.82, 2.24) is 0 Å². The van der Waals surface area contributed by atoms with Crippen molar-refractivity contribution >= 4 is 39.3 Å². The molecule has 0 unspecified atom stereocenters. The summed E-state index contributed by atoms with van der Waals surface area (Å²) in [5.41, 5.74) is -0.160. The van der Waals surface area contributed by atoms with Crippen molar-refractivity contribution in [2.24, 2.45) is 0 Å². The Hall–Kier alpha value is -1.37. The molecule has 122 valence electrons. The Bertz CT molecular complexity index is 734. The smallest absolute Gasteiger partial charge is 0.462 e. The first-order valence-electron chi connectivity index (χ1n) is 7.80. The van der Waals surface area contributed by atoms with Crippen LogP contribution in [0.15, 0.2) is 24.3 Å². The monoisotopic (exact) mass is 332 g/mol. The van der Waals surface area contributed by atoms with Crippen LogP contribution in [0.3, 0.4) is 0 Å². The Morgan fingerprint density at radius 1 is 1.22 bits per heavy atom. The minimum absolute atomic E-state index is 0.291. The fourth-order valence-electron chi connectivity index (χ4n) is 2.53. The highest BCUT2D eigenvalue weighted by Gasteiger charge is 2.52. The van der Waals surface area contributed by atoms with Crippen molar-refractivity contribution < 1.29 is 18.8 Å². The zero-order valence-corrected chi connectivity index (χ0v) is 15.0. The van der Waals surface area contributed by atoms with Gasteiger partial charge < -0.3 is 14.0 Å². The lowest BCUT2D eigenvalue weighted by molar-refractivity contribution is 0.00578. The minimum atomic E-state index is -0.410. The lowest BCUT2D eigenvalue weighted by atomic mass is 9.87. The molecule has 0 atom stereocenters. The molecule has 1 fully saturated rings. The number of carbonyl (C=O) groups is 1. The maximum absolute atomic E-state index is 12.1. The standard InChI is InChI=1S/C17H21BO4S/c1-6-20-15(19)12-9-7-8-11-10-13(23-14(11)12)18-21-16(2,3)17(4,5)22-18/h7-10H,6H2,1-5H3. The van der Waals surface area contributed by atoms with Crippen LogP contribution in [0.1, 0.15) is 45.0 Å². The Kier molecular flexibility index (Phi) is 4.03. The Morgan fingerprint density at radius 3 is 2.48 bits per heavy atom. The van der Waals surface area contributed by atoms with Gasteiger partial charge >= 0.3 is 13.1 Å². The van der Waals surface area contributed by atoms with Crippen LogP contribution < -0.4 is 4.78 Å². The number of carbonyl (C=O) groups excluding carboxylic acids is 1. The summed E-state index contributed by atoms with van der Waals surface area (Å²) >= 11 is 1.53. The third-order valence-corrected chi connectivity index (χ3v) is 5.75. The Morgan fingerprint density at radius 2 is 1.87 bits per heavy atom. The molecule has 1 aliphatic heterocycles. The molecule has 0 amide bonds. The van der Waals surface area contributed by atoms with E-state index in [-0.39, 0.29) is 17.2 Å². The molecule has 0 radical (unpaired) electrons. The van der Waals surface area contributed by atoms with Crippen LogP contribution in [0, 0.1) is 0 Å². The summed E-state index contributed by atoms with van der Waals surface area (Å²) in [5, 5.41) is 1.00. The molecule has 1 aromatic carbocycles. The number of fused-ring (bicyclic) bond motifs is 1. The second-order valence-electron chi connectivity index (χ2n) is 6.68. The van der Waals surface area contributed by atoms with E-state index >= 15 is 0 Å². The number of thiophene rings is 1. The van der Waals surface area contributed by atoms with E-state index in [1.807, 2.05) is 52.8 Å². The van der Waals surface area contributed by atoms with E-state index in [0.29, 0.717) is 12.2 Å². The van der Waals surface area contributed by atoms with E-state index in [2.05, 4.69) is 0 Å². The molecule has 6 heteroatoms. The number of hydrogen-bond donors (Lipinski definition) is 0. The highest BCUT2D eigenvalue weighted by molar-refractivity contribution is 7.28. The molecule has 1 saturated heterocycles. The van der Waals surface area contributed by atoms with Crippen LogP contribution in [-0.2, 0) is 14.0 Å². The van der Waals surface area contributed by atoms with Gasteiger partial charge in [-0.1, -0.05) is 12.1 Å². The highest BCUT2D eigenvalue weighted by Crippen LogP contribution is 2.37. The fraction of sp³-hybridized carbons (Fsp3) is 0.471. The summed E-state index contributed by atoms with van der Waals surface area (Å²) in [5.74, 6) is -0.291. The van der Waals surface area contributed by atoms with Crippen molar-refractivity contribution in [2.45, 2.75) is 45.8 Å². The van der Waals surface area contributed by atoms with Crippen LogP contribution in [0.5, 0.6) is 0 Å². The van der Waals surface area contributed by atoms with Crippen LogP contribution >= 0.6 is 11.3 Å². The second kappa shape index (κ2) is 5.62. The van der Waals surface area contributed by atoms with E-state index in [9.17, 15) is 4.79 Å². The van der Waals surface area contributed by atoms with E-state index in [4.69, 9.17) is 14.0 Å². The van der Waals surface area contributed by atoms with E-state index in [1.54, 1.807) is 6.07 Å². The molecule has 3 rings (SSSR count). The molecule has 4 nitrogen and oxygen atoms in total. The highest BCUT2D eigenvalue weighted by atomic mass is 32.1. The predicted octanol–water partition coefficient (Wildman–Crippen LogP) is 3.38. The molecule has 1 aromatic heterocycles. The molecule has 0 saturated carbocycles. The first-order valence-corrected chi connectivity index (χ1v) is 8.62. The zero-order valence-electron chi connectivity index (χ0n) is 14.1. The summed E-state index contributed by atoms with van der Waals surface area (Å²) in [6.07, 6.45) is 0. The number of benzene rings is 1. The van der Waals surface area contributed by atoms with E-state index in [0.717, 1.165) is 14.9 Å². The summed E-state index contributed by atoms with van der Waals surface area (Å²) in [6, 6.07) is 7.69. The second-order valence-corrected chi connectivity index (χ2v) is 7.77. The van der Waals surface area contributed by atoms with Gasteiger partial charge in [-0.2, -0.15) is 0 Å². The van der Waals surface area contributed by atoms with Gasteiger partial charge in [0.1, 0.15) is 0 Å². The third-order valence-electron chi connectivity index (χ3n) is 4.54. The molecular weight excluding hydrogens is 311 g/mol. The largest absolute Gasteiger partial charge is 0.505 e. The molecule has 2 heterocycles. The van der Waals surface area contributed by atoms with Crippen molar-refractivity contribution in [3.63, 3.8) is 0 Å².